The monoisotopic (exact) mass is 410 g/mol. The fourth-order valence-corrected chi connectivity index (χ4v) is 5.14. The zero-order valence-corrected chi connectivity index (χ0v) is 16.8. The highest BCUT2D eigenvalue weighted by atomic mass is 32.2. The number of methoxy groups -OCH3 is 1. The Labute approximate surface area is 160 Å². The minimum Gasteiger partial charge on any atom is -0.497 e. The summed E-state index contributed by atoms with van der Waals surface area (Å²) >= 11 is 0. The molecule has 0 spiro atoms. The van der Waals surface area contributed by atoms with Crippen molar-refractivity contribution in [2.24, 2.45) is 0 Å². The molecule has 9 heteroatoms. The molecule has 27 heavy (non-hydrogen) atoms. The number of benzene rings is 2. The van der Waals surface area contributed by atoms with E-state index in [0.717, 1.165) is 12.0 Å². The van der Waals surface area contributed by atoms with E-state index in [2.05, 4.69) is 4.72 Å². The zero-order valence-electron chi connectivity index (χ0n) is 15.2. The number of fused-ring (bicyclic) bond motifs is 1. The molecule has 3 rings (SSSR count). The normalized spacial score (nSPS) is 14.5. The highest BCUT2D eigenvalue weighted by Gasteiger charge is 2.29. The predicted octanol–water partition coefficient (Wildman–Crippen LogP) is 2.60. The number of ether oxygens (including phenoxy) is 1. The van der Waals surface area contributed by atoms with Crippen molar-refractivity contribution in [3.63, 3.8) is 0 Å². The molecular formula is C18H22N2O5S2. The summed E-state index contributed by atoms with van der Waals surface area (Å²) in [6.07, 6.45) is 1.44. The predicted molar refractivity (Wildman–Crippen MR) is 105 cm³/mol. The van der Waals surface area contributed by atoms with E-state index in [-0.39, 0.29) is 10.6 Å². The molecule has 0 aromatic heterocycles. The Morgan fingerprint density at radius 2 is 1.78 bits per heavy atom. The van der Waals surface area contributed by atoms with Gasteiger partial charge in [-0.15, -0.1) is 0 Å². The number of nitrogens with zero attached hydrogens (tertiary/aromatic N) is 1. The van der Waals surface area contributed by atoms with E-state index in [9.17, 15) is 16.8 Å². The number of anilines is 2. The minimum atomic E-state index is -3.77. The molecule has 2 aromatic carbocycles. The van der Waals surface area contributed by atoms with Crippen molar-refractivity contribution in [3.8, 4) is 5.75 Å². The van der Waals surface area contributed by atoms with Gasteiger partial charge >= 0.3 is 0 Å². The summed E-state index contributed by atoms with van der Waals surface area (Å²) in [7, 11) is -5.69. The van der Waals surface area contributed by atoms with Gasteiger partial charge in [0.2, 0.25) is 10.0 Å². The van der Waals surface area contributed by atoms with Crippen LogP contribution in [0, 0.1) is 0 Å². The number of hydrogen-bond acceptors (Lipinski definition) is 5. The molecule has 0 amide bonds. The average molecular weight is 411 g/mol. The highest BCUT2D eigenvalue weighted by Crippen LogP contribution is 2.34. The van der Waals surface area contributed by atoms with Crippen LogP contribution in [0.15, 0.2) is 47.4 Å². The van der Waals surface area contributed by atoms with Gasteiger partial charge < -0.3 is 4.74 Å². The number of sulfonamides is 2. The fraction of sp³-hybridized carbons (Fsp3) is 0.333. The van der Waals surface area contributed by atoms with Crippen molar-refractivity contribution in [1.82, 2.24) is 0 Å². The summed E-state index contributed by atoms with van der Waals surface area (Å²) in [4.78, 5) is 0.163. The van der Waals surface area contributed by atoms with Crippen LogP contribution < -0.4 is 13.8 Å². The number of rotatable bonds is 6. The van der Waals surface area contributed by atoms with Gasteiger partial charge in [0.25, 0.3) is 10.0 Å². The lowest BCUT2D eigenvalue weighted by Crippen LogP contribution is -2.35. The largest absolute Gasteiger partial charge is 0.497 e. The molecule has 0 unspecified atom stereocenters. The third-order valence-electron chi connectivity index (χ3n) is 4.46. The van der Waals surface area contributed by atoms with Gasteiger partial charge in [0, 0.05) is 6.54 Å². The van der Waals surface area contributed by atoms with Crippen molar-refractivity contribution in [2.45, 2.75) is 24.7 Å². The second kappa shape index (κ2) is 7.40. The van der Waals surface area contributed by atoms with Crippen molar-refractivity contribution < 1.29 is 21.6 Å². The van der Waals surface area contributed by atoms with Gasteiger partial charge in [-0.1, -0.05) is 6.07 Å². The van der Waals surface area contributed by atoms with Gasteiger partial charge in [0.15, 0.2) is 0 Å². The first-order chi connectivity index (χ1) is 12.8. The molecule has 146 valence electrons. The molecule has 1 N–H and O–H groups in total. The summed E-state index contributed by atoms with van der Waals surface area (Å²) in [5.74, 6) is 0.516. The van der Waals surface area contributed by atoms with Crippen LogP contribution in [-0.2, 0) is 26.5 Å². The second-order valence-corrected chi connectivity index (χ2v) is 10.1. The van der Waals surface area contributed by atoms with E-state index >= 15 is 0 Å². The fourth-order valence-electron chi connectivity index (χ4n) is 2.98. The van der Waals surface area contributed by atoms with E-state index in [0.29, 0.717) is 30.1 Å². The van der Waals surface area contributed by atoms with Crippen LogP contribution in [0.1, 0.15) is 18.9 Å². The molecule has 0 aliphatic carbocycles. The van der Waals surface area contributed by atoms with Crippen LogP contribution in [0.4, 0.5) is 11.4 Å². The minimum absolute atomic E-state index is 0.0576. The van der Waals surface area contributed by atoms with Crippen LogP contribution in [0.5, 0.6) is 5.75 Å². The van der Waals surface area contributed by atoms with Crippen LogP contribution >= 0.6 is 0 Å². The van der Waals surface area contributed by atoms with Crippen LogP contribution in [-0.4, -0.2) is 36.2 Å². The Hall–Kier alpha value is -2.26. The third kappa shape index (κ3) is 4.03. The second-order valence-electron chi connectivity index (χ2n) is 6.21. The Bertz CT molecular complexity index is 1030. The maximum absolute atomic E-state index is 13.1. The van der Waals surface area contributed by atoms with Crippen LogP contribution in [0.2, 0.25) is 0 Å². The number of hydrogen-bond donors (Lipinski definition) is 1. The standard InChI is InChI=1S/C18H22N2O5S2/c1-3-26(21,22)19-15-7-6-14-5-4-12-20(18(14)13-15)27(23,24)17-10-8-16(25-2)9-11-17/h6-11,13,19H,3-5,12H2,1-2H3. The van der Waals surface area contributed by atoms with Gasteiger partial charge in [-0.25, -0.2) is 16.8 Å². The van der Waals surface area contributed by atoms with E-state index in [1.54, 1.807) is 37.3 Å². The van der Waals surface area contributed by atoms with Crippen molar-refractivity contribution >= 4 is 31.4 Å². The first-order valence-corrected chi connectivity index (χ1v) is 11.7. The Balaban J connectivity index is 2.01. The Morgan fingerprint density at radius 3 is 2.41 bits per heavy atom. The summed E-state index contributed by atoms with van der Waals surface area (Å²) in [5.41, 5.74) is 1.73. The summed E-state index contributed by atoms with van der Waals surface area (Å²) in [6.45, 7) is 1.88. The van der Waals surface area contributed by atoms with E-state index in [4.69, 9.17) is 4.74 Å². The quantitative estimate of drug-likeness (QED) is 0.790. The molecule has 0 saturated heterocycles. The zero-order chi connectivity index (χ0) is 19.7. The van der Waals surface area contributed by atoms with Crippen molar-refractivity contribution in [1.29, 1.82) is 0 Å². The lowest BCUT2D eigenvalue weighted by atomic mass is 10.0. The van der Waals surface area contributed by atoms with Crippen LogP contribution in [0.25, 0.3) is 0 Å². The molecule has 1 aliphatic rings. The first-order valence-electron chi connectivity index (χ1n) is 8.57. The van der Waals surface area contributed by atoms with Crippen molar-refractivity contribution in [3.05, 3.63) is 48.0 Å². The molecule has 7 nitrogen and oxygen atoms in total. The number of aryl methyl sites for hydroxylation is 1. The highest BCUT2D eigenvalue weighted by molar-refractivity contribution is 7.93. The van der Waals surface area contributed by atoms with E-state index in [1.165, 1.54) is 23.5 Å². The van der Waals surface area contributed by atoms with Gasteiger partial charge in [-0.2, -0.15) is 0 Å². The third-order valence-corrected chi connectivity index (χ3v) is 7.60. The van der Waals surface area contributed by atoms with Gasteiger partial charge in [-0.3, -0.25) is 9.03 Å². The van der Waals surface area contributed by atoms with Gasteiger partial charge in [0.1, 0.15) is 5.75 Å². The lowest BCUT2D eigenvalue weighted by Gasteiger charge is -2.31. The summed E-state index contributed by atoms with van der Waals surface area (Å²) < 4.78 is 58.9. The van der Waals surface area contributed by atoms with Gasteiger partial charge in [0.05, 0.1) is 29.1 Å². The molecule has 0 radical (unpaired) electrons. The molecule has 0 fully saturated rings. The molecule has 0 atom stereocenters. The van der Waals surface area contributed by atoms with Gasteiger partial charge in [-0.05, 0) is 61.7 Å². The molecule has 0 saturated carbocycles. The Morgan fingerprint density at radius 1 is 1.07 bits per heavy atom. The maximum Gasteiger partial charge on any atom is 0.264 e. The molecule has 1 aliphatic heterocycles. The molecular weight excluding hydrogens is 388 g/mol. The summed E-state index contributed by atoms with van der Waals surface area (Å²) in [5, 5.41) is 0. The lowest BCUT2D eigenvalue weighted by molar-refractivity contribution is 0.414. The molecule has 1 heterocycles. The van der Waals surface area contributed by atoms with Crippen molar-refractivity contribution in [2.75, 3.05) is 28.4 Å². The average Bonchev–Trinajstić information content (AvgIpc) is 2.67. The van der Waals surface area contributed by atoms with E-state index in [1.807, 2.05) is 0 Å². The topological polar surface area (TPSA) is 92.8 Å². The van der Waals surface area contributed by atoms with Crippen LogP contribution in [0.3, 0.4) is 0 Å². The maximum atomic E-state index is 13.1. The van der Waals surface area contributed by atoms with E-state index < -0.39 is 20.0 Å². The Kier molecular flexibility index (Phi) is 5.34. The number of nitrogens with one attached hydrogen (secondary N) is 1. The molecule has 2 aromatic rings. The summed E-state index contributed by atoms with van der Waals surface area (Å²) in [6, 6.07) is 11.2. The first kappa shape index (κ1) is 19.5. The molecule has 0 bridgehead atoms. The smallest absolute Gasteiger partial charge is 0.264 e. The SMILES string of the molecule is CCS(=O)(=O)Nc1ccc2c(c1)N(S(=O)(=O)c1ccc(OC)cc1)CCC2.